The summed E-state index contributed by atoms with van der Waals surface area (Å²) in [7, 11) is -4.80. The van der Waals surface area contributed by atoms with Gasteiger partial charge in [0.25, 0.3) is 0 Å². The number of carbonyl (C=O) groups is 3. The van der Waals surface area contributed by atoms with E-state index in [1.54, 1.807) is 0 Å². The summed E-state index contributed by atoms with van der Waals surface area (Å²) < 4.78 is 38.9. The highest BCUT2D eigenvalue weighted by Crippen LogP contribution is 2.43. The number of phosphoric acid groups is 1. The third-order valence-corrected chi connectivity index (χ3v) is 9.73. The molecule has 0 fully saturated rings. The fourth-order valence-electron chi connectivity index (χ4n) is 5.28. The van der Waals surface area contributed by atoms with Crippen LogP contribution in [0.4, 0.5) is 0 Å². The maximum atomic E-state index is 12.8. The van der Waals surface area contributed by atoms with Crippen LogP contribution in [0, 0.1) is 0 Å². The van der Waals surface area contributed by atoms with Crippen LogP contribution in [0.15, 0.2) is 146 Å². The minimum absolute atomic E-state index is 0.0175. The molecule has 11 nitrogen and oxygen atoms in total. The summed E-state index contributed by atoms with van der Waals surface area (Å²) in [6.45, 7) is 3.97. The lowest BCUT2D eigenvalue weighted by atomic mass is 10.2. The number of hydrogen-bond acceptors (Lipinski definition) is 10. The van der Waals surface area contributed by atoms with Gasteiger partial charge < -0.3 is 24.2 Å². The molecule has 0 aromatic carbocycles. The Labute approximate surface area is 397 Å². The quantitative estimate of drug-likeness (QED) is 0.0260. The Kier molecular flexibility index (Phi) is 43.6. The Hall–Kier alpha value is -4.64. The van der Waals surface area contributed by atoms with E-state index in [2.05, 4.69) is 118 Å². The number of aliphatic hydroxyl groups excluding tert-OH is 1. The molecule has 12 heteroatoms. The van der Waals surface area contributed by atoms with Gasteiger partial charge in [0.1, 0.15) is 12.7 Å². The summed E-state index contributed by atoms with van der Waals surface area (Å²) in [4.78, 5) is 48.0. The molecular formula is C54H81O11P. The van der Waals surface area contributed by atoms with Gasteiger partial charge in [0, 0.05) is 19.3 Å². The van der Waals surface area contributed by atoms with Gasteiger partial charge in [-0.2, -0.15) is 0 Å². The molecule has 0 rings (SSSR count). The first-order chi connectivity index (χ1) is 32.2. The summed E-state index contributed by atoms with van der Waals surface area (Å²) in [6.07, 6.45) is 58.9. The van der Waals surface area contributed by atoms with Crippen molar-refractivity contribution in [3.05, 3.63) is 146 Å². The average Bonchev–Trinajstić information content (AvgIpc) is 3.30. The topological polar surface area (TPSA) is 155 Å². The number of phosphoric ester groups is 1. The van der Waals surface area contributed by atoms with E-state index in [0.717, 1.165) is 70.6 Å². The first kappa shape index (κ1) is 61.4. The van der Waals surface area contributed by atoms with Crippen LogP contribution in [0.1, 0.15) is 136 Å². The predicted octanol–water partition coefficient (Wildman–Crippen LogP) is 13.2. The Balaban J connectivity index is 5.02. The molecule has 0 heterocycles. The van der Waals surface area contributed by atoms with E-state index in [1.165, 1.54) is 0 Å². The van der Waals surface area contributed by atoms with Crippen LogP contribution < -0.4 is 0 Å². The van der Waals surface area contributed by atoms with E-state index >= 15 is 0 Å². The molecule has 0 saturated heterocycles. The average molecular weight is 937 g/mol. The van der Waals surface area contributed by atoms with Crippen molar-refractivity contribution in [1.82, 2.24) is 0 Å². The van der Waals surface area contributed by atoms with Crippen molar-refractivity contribution in [3.8, 4) is 0 Å². The lowest BCUT2D eigenvalue weighted by molar-refractivity contribution is -0.161. The molecule has 0 spiro atoms. The normalized spacial score (nSPS) is 14.8. The number of esters is 3. The van der Waals surface area contributed by atoms with Gasteiger partial charge in [-0.05, 0) is 96.3 Å². The van der Waals surface area contributed by atoms with Crippen molar-refractivity contribution in [2.24, 2.45) is 0 Å². The molecule has 0 aliphatic carbocycles. The molecule has 0 saturated carbocycles. The highest BCUT2D eigenvalue weighted by Gasteiger charge is 2.28. The van der Waals surface area contributed by atoms with Crippen molar-refractivity contribution >= 4 is 25.7 Å². The molecule has 0 amide bonds. The zero-order valence-electron chi connectivity index (χ0n) is 40.1. The number of aliphatic hydroxyl groups is 1. The third-order valence-electron chi connectivity index (χ3n) is 8.78. The van der Waals surface area contributed by atoms with E-state index in [9.17, 15) is 28.9 Å². The second-order valence-electron chi connectivity index (χ2n) is 14.8. The summed E-state index contributed by atoms with van der Waals surface area (Å²) >= 11 is 0. The minimum Gasteiger partial charge on any atom is -0.462 e. The highest BCUT2D eigenvalue weighted by molar-refractivity contribution is 7.47. The first-order valence-electron chi connectivity index (χ1n) is 23.7. The van der Waals surface area contributed by atoms with Crippen LogP contribution >= 0.6 is 7.82 Å². The SMILES string of the molecule is CC/C=C\C/C=C\C/C=C\C/C=C\CCC(=O)OCC(COP(=O)(O)OCC(CO)OC(=O)CC/C=C\C/C=C\C/C=C\C/C=C\CC)OC(=O)CC/C=C\C/C=C\C/C=C\C/C=C\CC. The largest absolute Gasteiger partial charge is 0.472 e. The lowest BCUT2D eigenvalue weighted by Crippen LogP contribution is -2.30. The van der Waals surface area contributed by atoms with Gasteiger partial charge in [0.15, 0.2) is 6.10 Å². The molecule has 0 aromatic heterocycles. The number of hydrogen-bond donors (Lipinski definition) is 2. The second kappa shape index (κ2) is 46.9. The molecule has 368 valence electrons. The standard InChI is InChI=1S/C54H81O11P/c1-4-7-10-13-16-19-22-25-28-31-34-37-40-43-52(56)61-47-51(65-54(58)45-42-39-36-33-30-27-24-21-18-15-12-9-6-3)49-63-66(59,60)62-48-50(46-55)64-53(57)44-41-38-35-32-29-26-23-20-17-14-11-8-5-2/h7-12,16-21,25-30,34-39,50-51,55H,4-6,13-15,22-24,31-33,40-49H2,1-3H3,(H,59,60)/b10-7-,11-8-,12-9-,19-16-,20-17-,21-18-,28-25-,29-26-,30-27-,37-34-,38-35-,39-36-. The molecule has 3 atom stereocenters. The van der Waals surface area contributed by atoms with Crippen molar-refractivity contribution in [2.75, 3.05) is 26.4 Å². The highest BCUT2D eigenvalue weighted by atomic mass is 31.2. The van der Waals surface area contributed by atoms with E-state index < -0.39 is 64.4 Å². The van der Waals surface area contributed by atoms with E-state index in [1.807, 2.05) is 48.6 Å². The Bertz CT molecular complexity index is 1660. The number of allylic oxidation sites excluding steroid dienone is 24. The van der Waals surface area contributed by atoms with Gasteiger partial charge in [-0.15, -0.1) is 0 Å². The van der Waals surface area contributed by atoms with Crippen LogP contribution in [0.2, 0.25) is 0 Å². The van der Waals surface area contributed by atoms with Gasteiger partial charge in [-0.1, -0.05) is 167 Å². The van der Waals surface area contributed by atoms with Crippen LogP contribution in [0.3, 0.4) is 0 Å². The predicted molar refractivity (Wildman–Crippen MR) is 269 cm³/mol. The van der Waals surface area contributed by atoms with Crippen molar-refractivity contribution in [1.29, 1.82) is 0 Å². The van der Waals surface area contributed by atoms with Gasteiger partial charge in [0.05, 0.1) is 19.8 Å². The smallest absolute Gasteiger partial charge is 0.462 e. The first-order valence-corrected chi connectivity index (χ1v) is 25.2. The molecule has 3 unspecified atom stereocenters. The van der Waals surface area contributed by atoms with Crippen molar-refractivity contribution in [2.45, 2.75) is 149 Å². The second-order valence-corrected chi connectivity index (χ2v) is 16.2. The Morgan fingerprint density at radius 2 is 0.682 bits per heavy atom. The molecular weight excluding hydrogens is 856 g/mol. The van der Waals surface area contributed by atoms with Gasteiger partial charge in [0.2, 0.25) is 0 Å². The van der Waals surface area contributed by atoms with Gasteiger partial charge >= 0.3 is 25.7 Å². The van der Waals surface area contributed by atoms with E-state index in [-0.39, 0.29) is 19.3 Å². The summed E-state index contributed by atoms with van der Waals surface area (Å²) in [6, 6.07) is 0. The summed E-state index contributed by atoms with van der Waals surface area (Å²) in [5.41, 5.74) is 0. The summed E-state index contributed by atoms with van der Waals surface area (Å²) in [5, 5.41) is 9.73. The fraction of sp³-hybridized carbons (Fsp3) is 0.500. The van der Waals surface area contributed by atoms with E-state index in [0.29, 0.717) is 25.7 Å². The lowest BCUT2D eigenvalue weighted by Gasteiger charge is -2.21. The zero-order chi connectivity index (χ0) is 48.4. The Morgan fingerprint density at radius 1 is 0.409 bits per heavy atom. The molecule has 0 aromatic rings. The molecule has 0 aliphatic heterocycles. The van der Waals surface area contributed by atoms with Gasteiger partial charge in [-0.25, -0.2) is 4.57 Å². The third kappa shape index (κ3) is 44.6. The molecule has 0 bridgehead atoms. The van der Waals surface area contributed by atoms with Crippen LogP contribution in [0.25, 0.3) is 0 Å². The summed E-state index contributed by atoms with van der Waals surface area (Å²) in [5.74, 6) is -1.78. The van der Waals surface area contributed by atoms with Crippen molar-refractivity contribution < 1.29 is 52.2 Å². The Morgan fingerprint density at radius 3 is 1.00 bits per heavy atom. The van der Waals surface area contributed by atoms with Crippen molar-refractivity contribution in [3.63, 3.8) is 0 Å². The minimum atomic E-state index is -4.80. The number of carbonyl (C=O) groups excluding carboxylic acids is 3. The van der Waals surface area contributed by atoms with E-state index in [4.69, 9.17) is 23.3 Å². The maximum absolute atomic E-state index is 12.8. The van der Waals surface area contributed by atoms with Crippen LogP contribution in [-0.4, -0.2) is 66.5 Å². The van der Waals surface area contributed by atoms with Crippen LogP contribution in [0.5, 0.6) is 0 Å². The molecule has 0 aliphatic rings. The number of ether oxygens (including phenoxy) is 3. The van der Waals surface area contributed by atoms with Gasteiger partial charge in [-0.3, -0.25) is 23.4 Å². The fourth-order valence-corrected chi connectivity index (χ4v) is 6.06. The van der Waals surface area contributed by atoms with Crippen LogP contribution in [-0.2, 0) is 42.2 Å². The molecule has 2 N–H and O–H groups in total. The zero-order valence-corrected chi connectivity index (χ0v) is 41.0. The maximum Gasteiger partial charge on any atom is 0.472 e. The molecule has 66 heavy (non-hydrogen) atoms. The number of rotatable bonds is 41. The molecule has 0 radical (unpaired) electrons. The monoisotopic (exact) mass is 937 g/mol.